The molecule has 0 aromatic rings. The molecule has 8 heteroatoms. The number of thioether (sulfide) groups is 1. The van der Waals surface area contributed by atoms with Crippen LogP contribution in [0.25, 0.3) is 0 Å². The third-order valence-electron chi connectivity index (χ3n) is 7.06. The van der Waals surface area contributed by atoms with Crippen molar-refractivity contribution in [3.05, 3.63) is 0 Å². The van der Waals surface area contributed by atoms with Crippen LogP contribution in [-0.2, 0) is 28.6 Å². The highest BCUT2D eigenvalue weighted by molar-refractivity contribution is 7.99. The molecule has 0 N–H and O–H groups in total. The van der Waals surface area contributed by atoms with Gasteiger partial charge in [0.15, 0.2) is 0 Å². The lowest BCUT2D eigenvalue weighted by Crippen LogP contribution is -2.43. The van der Waals surface area contributed by atoms with Gasteiger partial charge in [0.25, 0.3) is 0 Å². The van der Waals surface area contributed by atoms with E-state index >= 15 is 0 Å². The van der Waals surface area contributed by atoms with Crippen LogP contribution in [0, 0.1) is 5.41 Å². The van der Waals surface area contributed by atoms with Gasteiger partial charge in [-0.05, 0) is 37.4 Å². The summed E-state index contributed by atoms with van der Waals surface area (Å²) >= 11 is 1.94. The Bertz CT molecular complexity index is 629. The molecule has 4 atom stereocenters. The van der Waals surface area contributed by atoms with Crippen LogP contribution in [0.3, 0.4) is 0 Å². The van der Waals surface area contributed by atoms with Gasteiger partial charge in [0, 0.05) is 5.25 Å². The average Bonchev–Trinajstić information content (AvgIpc) is 2.95. The highest BCUT2D eigenvalue weighted by Crippen LogP contribution is 2.33. The van der Waals surface area contributed by atoms with Crippen molar-refractivity contribution in [2.24, 2.45) is 5.41 Å². The molecule has 0 aromatic heterocycles. The second kappa shape index (κ2) is 26.2. The summed E-state index contributed by atoms with van der Waals surface area (Å²) in [7, 11) is -1.20. The van der Waals surface area contributed by atoms with E-state index in [1.165, 1.54) is 96.3 Å². The minimum Gasteiger partial charge on any atom is -0.458 e. The molecule has 0 spiro atoms. The van der Waals surface area contributed by atoms with Crippen LogP contribution in [-0.4, -0.2) is 41.8 Å². The van der Waals surface area contributed by atoms with Gasteiger partial charge in [0.05, 0.1) is 13.2 Å². The zero-order valence-corrected chi connectivity index (χ0v) is 29.7. The van der Waals surface area contributed by atoms with E-state index in [2.05, 4.69) is 13.8 Å². The van der Waals surface area contributed by atoms with Crippen LogP contribution in [0.15, 0.2) is 0 Å². The fraction of sp³-hybridized carbons (Fsp3) is 0.970. The van der Waals surface area contributed by atoms with Crippen LogP contribution in [0.5, 0.6) is 0 Å². The number of hydrogen-bond donors (Lipinski definition) is 0. The van der Waals surface area contributed by atoms with E-state index < -0.39 is 20.0 Å². The molecule has 0 aliphatic rings. The Balaban J connectivity index is 4.92. The fourth-order valence-corrected chi connectivity index (χ4v) is 6.16. The number of unbranched alkanes of at least 4 members (excludes halogenated alkanes) is 14. The van der Waals surface area contributed by atoms with Crippen LogP contribution in [0.2, 0.25) is 0 Å². The SMILES string of the molecule is CCCCCCCCCCCCSC(CCCCCCCC)C(C)OOC(OCCC)([PH+]=O)C(=O)OCC(C)(C)C. The van der Waals surface area contributed by atoms with E-state index in [0.717, 1.165) is 18.6 Å². The summed E-state index contributed by atoms with van der Waals surface area (Å²) in [6.07, 6.45) is 22.1. The Morgan fingerprint density at radius 2 is 1.27 bits per heavy atom. The molecule has 0 radical (unpaired) electrons. The molecule has 0 heterocycles. The number of esters is 1. The first-order chi connectivity index (χ1) is 19.7. The first-order valence-corrected chi connectivity index (χ1v) is 18.8. The van der Waals surface area contributed by atoms with Crippen molar-refractivity contribution in [1.29, 1.82) is 0 Å². The van der Waals surface area contributed by atoms with Crippen molar-refractivity contribution in [2.45, 2.75) is 181 Å². The van der Waals surface area contributed by atoms with Gasteiger partial charge in [-0.1, -0.05) is 142 Å². The Morgan fingerprint density at radius 1 is 0.756 bits per heavy atom. The lowest BCUT2D eigenvalue weighted by atomic mass is 9.99. The molecule has 0 aromatic carbocycles. The zero-order chi connectivity index (χ0) is 30.8. The quantitative estimate of drug-likeness (QED) is 0.0205. The van der Waals surface area contributed by atoms with Gasteiger partial charge in [-0.3, -0.25) is 4.74 Å². The van der Waals surface area contributed by atoms with E-state index in [-0.39, 0.29) is 30.0 Å². The van der Waals surface area contributed by atoms with Gasteiger partial charge >= 0.3 is 20.0 Å². The predicted molar refractivity (Wildman–Crippen MR) is 176 cm³/mol. The maximum atomic E-state index is 13.0. The van der Waals surface area contributed by atoms with Gasteiger partial charge in [-0.2, -0.15) is 11.8 Å². The molecule has 4 unspecified atom stereocenters. The first-order valence-electron chi connectivity index (χ1n) is 16.8. The van der Waals surface area contributed by atoms with Crippen molar-refractivity contribution in [1.82, 2.24) is 0 Å². The van der Waals surface area contributed by atoms with E-state index in [1.807, 2.05) is 46.4 Å². The van der Waals surface area contributed by atoms with Gasteiger partial charge in [-0.25, -0.2) is 9.68 Å². The second-order valence-electron chi connectivity index (χ2n) is 12.7. The number of carbonyl (C=O) groups excluding carboxylic acids is 1. The minimum atomic E-state index is -2.05. The number of carbonyl (C=O) groups is 1. The molecule has 0 saturated carbocycles. The molecule has 41 heavy (non-hydrogen) atoms. The maximum absolute atomic E-state index is 13.0. The highest BCUT2D eigenvalue weighted by Gasteiger charge is 2.55. The summed E-state index contributed by atoms with van der Waals surface area (Å²) in [4.78, 5) is 24.4. The third kappa shape index (κ3) is 22.0. The summed E-state index contributed by atoms with van der Waals surface area (Å²) in [5, 5.41) is 0.226. The van der Waals surface area contributed by atoms with Crippen molar-refractivity contribution in [2.75, 3.05) is 19.0 Å². The Morgan fingerprint density at radius 3 is 1.76 bits per heavy atom. The lowest BCUT2D eigenvalue weighted by Gasteiger charge is -2.26. The molecular formula is C33H66O6PS+. The summed E-state index contributed by atoms with van der Waals surface area (Å²) in [5.41, 5.74) is -2.29. The predicted octanol–water partition coefficient (Wildman–Crippen LogP) is 10.8. The average molecular weight is 622 g/mol. The second-order valence-corrected chi connectivity index (χ2v) is 14.9. The van der Waals surface area contributed by atoms with Crippen molar-refractivity contribution >= 4 is 26.2 Å². The van der Waals surface area contributed by atoms with Crippen LogP contribution in [0.1, 0.15) is 164 Å². The number of hydrogen-bond acceptors (Lipinski definition) is 7. The van der Waals surface area contributed by atoms with Crippen molar-refractivity contribution in [3.8, 4) is 0 Å². The lowest BCUT2D eigenvalue weighted by molar-refractivity contribution is -0.403. The fourth-order valence-electron chi connectivity index (χ4n) is 4.44. The number of ether oxygens (including phenoxy) is 2. The molecule has 244 valence electrons. The standard InChI is InChI=1S/C33H65O6PS/c1-8-11-13-15-17-18-19-20-22-24-27-41-30(25-23-21-16-14-12-9-2)29(4)38-39-33(40-35,37-26-10-3)31(34)36-28-32(5,6)7/h29-30H,8-28H2,1-7H3/p+1. The van der Waals surface area contributed by atoms with Crippen molar-refractivity contribution < 1.29 is 28.6 Å². The van der Waals surface area contributed by atoms with E-state index in [0.29, 0.717) is 6.42 Å². The largest absolute Gasteiger partial charge is 0.497 e. The molecule has 0 aliphatic carbocycles. The molecule has 0 rings (SSSR count). The monoisotopic (exact) mass is 621 g/mol. The minimum absolute atomic E-state index is 0.168. The van der Waals surface area contributed by atoms with Crippen LogP contribution in [0.4, 0.5) is 0 Å². The van der Waals surface area contributed by atoms with E-state index in [9.17, 15) is 9.36 Å². The summed E-state index contributed by atoms with van der Waals surface area (Å²) in [6.45, 7) is 14.7. The van der Waals surface area contributed by atoms with Crippen LogP contribution >= 0.6 is 20.2 Å². The maximum Gasteiger partial charge on any atom is 0.497 e. The Hall–Kier alpha value is -0.200. The third-order valence-corrected chi connectivity index (χ3v) is 9.33. The number of rotatable bonds is 29. The zero-order valence-electron chi connectivity index (χ0n) is 27.9. The first kappa shape index (κ1) is 40.8. The van der Waals surface area contributed by atoms with Gasteiger partial charge < -0.3 is 4.74 Å². The van der Waals surface area contributed by atoms with Gasteiger partial charge in [0.2, 0.25) is 0 Å². The van der Waals surface area contributed by atoms with Crippen molar-refractivity contribution in [3.63, 3.8) is 0 Å². The summed E-state index contributed by atoms with van der Waals surface area (Å²) in [6, 6.07) is 0. The molecule has 0 amide bonds. The summed E-state index contributed by atoms with van der Waals surface area (Å²) < 4.78 is 23.4. The molecule has 0 fully saturated rings. The van der Waals surface area contributed by atoms with Gasteiger partial charge in [-0.15, -0.1) is 4.89 Å². The topological polar surface area (TPSA) is 71.1 Å². The van der Waals surface area contributed by atoms with Gasteiger partial charge in [0.1, 0.15) is 6.10 Å². The smallest absolute Gasteiger partial charge is 0.458 e. The summed E-state index contributed by atoms with van der Waals surface area (Å²) in [5.74, 6) is 0.283. The van der Waals surface area contributed by atoms with Crippen LogP contribution < -0.4 is 0 Å². The highest BCUT2D eigenvalue weighted by atomic mass is 32.2. The molecule has 0 bridgehead atoms. The normalized spacial score (nSPS) is 15.1. The van der Waals surface area contributed by atoms with E-state index in [1.54, 1.807) is 0 Å². The molecular weight excluding hydrogens is 555 g/mol. The molecule has 6 nitrogen and oxygen atoms in total. The molecule has 0 aliphatic heterocycles. The molecule has 0 saturated heterocycles. The Labute approximate surface area is 259 Å². The Kier molecular flexibility index (Phi) is 26.1. The van der Waals surface area contributed by atoms with E-state index in [4.69, 9.17) is 19.2 Å².